The minimum absolute atomic E-state index is 0.453. The van der Waals surface area contributed by atoms with Crippen molar-refractivity contribution in [3.63, 3.8) is 0 Å². The lowest BCUT2D eigenvalue weighted by Gasteiger charge is -2.40. The molecule has 1 heterocycles. The van der Waals surface area contributed by atoms with Gasteiger partial charge in [-0.3, -0.25) is 0 Å². The van der Waals surface area contributed by atoms with Gasteiger partial charge in [-0.2, -0.15) is 0 Å². The van der Waals surface area contributed by atoms with Gasteiger partial charge >= 0.3 is 0 Å². The zero-order valence-corrected chi connectivity index (χ0v) is 15.9. The van der Waals surface area contributed by atoms with Crippen LogP contribution >= 0.6 is 11.6 Å². The van der Waals surface area contributed by atoms with E-state index >= 15 is 0 Å². The number of aryl methyl sites for hydroxylation is 1. The smallest absolute Gasteiger partial charge is 0.113 e. The van der Waals surface area contributed by atoms with Crippen LogP contribution in [0.5, 0.6) is 0 Å². The fourth-order valence-corrected chi connectivity index (χ4v) is 3.58. The van der Waals surface area contributed by atoms with Crippen LogP contribution in [0.3, 0.4) is 0 Å². The van der Waals surface area contributed by atoms with E-state index in [9.17, 15) is 20.4 Å². The molecule has 1 aliphatic rings. The van der Waals surface area contributed by atoms with Crippen molar-refractivity contribution in [3.05, 3.63) is 69.7 Å². The molecule has 0 amide bonds. The number of benzene rings is 2. The lowest BCUT2D eigenvalue weighted by atomic mass is 9.90. The van der Waals surface area contributed by atoms with Gasteiger partial charge in [-0.1, -0.05) is 54.9 Å². The standard InChI is InChI=1S/C21H25ClO5/c1-2-12-3-5-13(6-4-12)9-15-10-14(7-8-16(15)22)21-20(26)19(25)18(24)17(11-23)27-21/h3-8,10,17-21,23-26H,2,9,11H2,1H3/t17-,18-,19+,20-,21?/m1/s1. The van der Waals surface area contributed by atoms with Crippen LogP contribution in [0.25, 0.3) is 0 Å². The zero-order valence-electron chi connectivity index (χ0n) is 15.1. The molecule has 146 valence electrons. The van der Waals surface area contributed by atoms with Gasteiger partial charge in [-0.25, -0.2) is 0 Å². The maximum atomic E-state index is 10.3. The van der Waals surface area contributed by atoms with E-state index in [1.165, 1.54) is 5.56 Å². The van der Waals surface area contributed by atoms with Gasteiger partial charge < -0.3 is 25.2 Å². The van der Waals surface area contributed by atoms with Crippen molar-refractivity contribution < 1.29 is 25.2 Å². The summed E-state index contributed by atoms with van der Waals surface area (Å²) in [5.41, 5.74) is 3.88. The Hall–Kier alpha value is -1.47. The summed E-state index contributed by atoms with van der Waals surface area (Å²) in [4.78, 5) is 0. The second kappa shape index (κ2) is 8.69. The van der Waals surface area contributed by atoms with Crippen LogP contribution in [-0.2, 0) is 17.6 Å². The molecule has 4 N–H and O–H groups in total. The lowest BCUT2D eigenvalue weighted by Crippen LogP contribution is -2.55. The van der Waals surface area contributed by atoms with Crippen molar-refractivity contribution in [1.29, 1.82) is 0 Å². The molecule has 5 atom stereocenters. The number of ether oxygens (including phenoxy) is 1. The number of hydrogen-bond donors (Lipinski definition) is 4. The predicted molar refractivity (Wildman–Crippen MR) is 103 cm³/mol. The van der Waals surface area contributed by atoms with Gasteiger partial charge in [0.15, 0.2) is 0 Å². The van der Waals surface area contributed by atoms with Crippen LogP contribution in [0.15, 0.2) is 42.5 Å². The van der Waals surface area contributed by atoms with Crippen molar-refractivity contribution in [2.45, 2.75) is 50.3 Å². The number of hydrogen-bond acceptors (Lipinski definition) is 5. The van der Waals surface area contributed by atoms with E-state index in [0.29, 0.717) is 17.0 Å². The molecule has 0 radical (unpaired) electrons. The highest BCUT2D eigenvalue weighted by molar-refractivity contribution is 6.31. The summed E-state index contributed by atoms with van der Waals surface area (Å²) >= 11 is 6.36. The fraction of sp³-hybridized carbons (Fsp3) is 0.429. The van der Waals surface area contributed by atoms with Gasteiger partial charge in [0.2, 0.25) is 0 Å². The van der Waals surface area contributed by atoms with Crippen LogP contribution in [-0.4, -0.2) is 51.4 Å². The second-order valence-corrected chi connectivity index (χ2v) is 7.35. The summed E-state index contributed by atoms with van der Waals surface area (Å²) in [5.74, 6) is 0. The summed E-state index contributed by atoms with van der Waals surface area (Å²) in [5, 5.41) is 40.3. The molecular weight excluding hydrogens is 368 g/mol. The zero-order chi connectivity index (χ0) is 19.6. The average molecular weight is 393 g/mol. The number of halogens is 1. The van der Waals surface area contributed by atoms with Crippen molar-refractivity contribution in [2.24, 2.45) is 0 Å². The third-order valence-electron chi connectivity index (χ3n) is 5.12. The van der Waals surface area contributed by atoms with E-state index < -0.39 is 37.1 Å². The molecule has 3 rings (SSSR count). The molecule has 5 nitrogen and oxygen atoms in total. The number of rotatable bonds is 5. The normalized spacial score (nSPS) is 28.3. The Labute approximate surface area is 163 Å². The molecule has 2 aromatic rings. The molecule has 1 aliphatic heterocycles. The van der Waals surface area contributed by atoms with Crippen molar-refractivity contribution in [2.75, 3.05) is 6.61 Å². The van der Waals surface area contributed by atoms with Gasteiger partial charge in [0.1, 0.15) is 30.5 Å². The van der Waals surface area contributed by atoms with E-state index in [0.717, 1.165) is 17.5 Å². The molecular formula is C21H25ClO5. The first kappa shape index (κ1) is 20.3. The highest BCUT2D eigenvalue weighted by Crippen LogP contribution is 2.34. The van der Waals surface area contributed by atoms with E-state index in [-0.39, 0.29) is 0 Å². The van der Waals surface area contributed by atoms with Crippen LogP contribution < -0.4 is 0 Å². The molecule has 0 spiro atoms. The van der Waals surface area contributed by atoms with Crippen molar-refractivity contribution in [1.82, 2.24) is 0 Å². The Morgan fingerprint density at radius 3 is 2.22 bits per heavy atom. The van der Waals surface area contributed by atoms with Gasteiger partial charge in [0.05, 0.1) is 6.61 Å². The molecule has 1 fully saturated rings. The molecule has 0 aromatic heterocycles. The summed E-state index contributed by atoms with van der Waals surface area (Å²) in [6.07, 6.45) is -4.28. The van der Waals surface area contributed by atoms with Gasteiger partial charge in [-0.05, 0) is 41.2 Å². The van der Waals surface area contributed by atoms with Gasteiger partial charge in [0.25, 0.3) is 0 Å². The molecule has 27 heavy (non-hydrogen) atoms. The van der Waals surface area contributed by atoms with Gasteiger partial charge in [0, 0.05) is 5.02 Å². The second-order valence-electron chi connectivity index (χ2n) is 6.95. The molecule has 0 bridgehead atoms. The Kier molecular flexibility index (Phi) is 6.52. The number of aliphatic hydroxyl groups excluding tert-OH is 4. The summed E-state index contributed by atoms with van der Waals surface area (Å²) in [6.45, 7) is 1.65. The van der Waals surface area contributed by atoms with E-state index in [2.05, 4.69) is 31.2 Å². The van der Waals surface area contributed by atoms with Gasteiger partial charge in [-0.15, -0.1) is 0 Å². The molecule has 0 saturated carbocycles. The summed E-state index contributed by atoms with van der Waals surface area (Å²) < 4.78 is 5.64. The number of aliphatic hydroxyl groups is 4. The van der Waals surface area contributed by atoms with Crippen LogP contribution in [0.4, 0.5) is 0 Å². The summed E-state index contributed by atoms with van der Waals surface area (Å²) in [7, 11) is 0. The minimum Gasteiger partial charge on any atom is -0.394 e. The molecule has 6 heteroatoms. The first-order chi connectivity index (χ1) is 12.9. The molecule has 0 aliphatic carbocycles. The highest BCUT2D eigenvalue weighted by atomic mass is 35.5. The molecule has 2 aromatic carbocycles. The molecule has 1 unspecified atom stereocenters. The Bertz CT molecular complexity index is 762. The van der Waals surface area contributed by atoms with Crippen LogP contribution in [0.2, 0.25) is 5.02 Å². The van der Waals surface area contributed by atoms with E-state index in [1.54, 1.807) is 12.1 Å². The summed E-state index contributed by atoms with van der Waals surface area (Å²) in [6, 6.07) is 13.6. The van der Waals surface area contributed by atoms with Crippen molar-refractivity contribution in [3.8, 4) is 0 Å². The third-order valence-corrected chi connectivity index (χ3v) is 5.49. The third kappa shape index (κ3) is 4.35. The van der Waals surface area contributed by atoms with Crippen LogP contribution in [0, 0.1) is 0 Å². The van der Waals surface area contributed by atoms with E-state index in [4.69, 9.17) is 16.3 Å². The lowest BCUT2D eigenvalue weighted by molar-refractivity contribution is -0.231. The monoisotopic (exact) mass is 392 g/mol. The highest BCUT2D eigenvalue weighted by Gasteiger charge is 2.43. The SMILES string of the molecule is CCc1ccc(Cc2cc(C3O[C@H](CO)[C@@H](O)[C@H](O)[C@H]3O)ccc2Cl)cc1. The van der Waals surface area contributed by atoms with Crippen LogP contribution in [0.1, 0.15) is 35.3 Å². The topological polar surface area (TPSA) is 90.2 Å². The predicted octanol–water partition coefficient (Wildman–Crippen LogP) is 2.01. The first-order valence-electron chi connectivity index (χ1n) is 9.11. The average Bonchev–Trinajstić information content (AvgIpc) is 2.69. The maximum absolute atomic E-state index is 10.3. The largest absolute Gasteiger partial charge is 0.394 e. The fourth-order valence-electron chi connectivity index (χ4n) is 3.40. The Morgan fingerprint density at radius 2 is 1.59 bits per heavy atom. The first-order valence-corrected chi connectivity index (χ1v) is 9.49. The van der Waals surface area contributed by atoms with Crippen molar-refractivity contribution >= 4 is 11.6 Å². The van der Waals surface area contributed by atoms with E-state index in [1.807, 2.05) is 6.07 Å². The Balaban J connectivity index is 1.85. The quantitative estimate of drug-likeness (QED) is 0.625. The Morgan fingerprint density at radius 1 is 0.926 bits per heavy atom. The maximum Gasteiger partial charge on any atom is 0.113 e. The molecule has 1 saturated heterocycles. The minimum atomic E-state index is -1.40.